The van der Waals surface area contributed by atoms with Gasteiger partial charge in [-0.3, -0.25) is 9.59 Å². The maximum absolute atomic E-state index is 12.2. The van der Waals surface area contributed by atoms with Crippen molar-refractivity contribution >= 4 is 11.8 Å². The minimum Gasteiger partial charge on any atom is -0.463 e. The summed E-state index contributed by atoms with van der Waals surface area (Å²) in [7, 11) is 0. The van der Waals surface area contributed by atoms with Crippen LogP contribution in [-0.2, 0) is 14.3 Å². The monoisotopic (exact) mass is 360 g/mol. The van der Waals surface area contributed by atoms with E-state index < -0.39 is 0 Å². The molecule has 4 rings (SSSR count). The first kappa shape index (κ1) is 18.5. The average Bonchev–Trinajstić information content (AvgIpc) is 2.92. The second-order valence-electron chi connectivity index (χ2n) is 10.4. The molecule has 4 saturated carbocycles. The average molecular weight is 361 g/mol. The quantitative estimate of drug-likeness (QED) is 0.638. The van der Waals surface area contributed by atoms with Crippen LogP contribution in [0.2, 0.25) is 0 Å². The van der Waals surface area contributed by atoms with Crippen molar-refractivity contribution in [1.29, 1.82) is 0 Å². The molecule has 26 heavy (non-hydrogen) atoms. The molecule has 8 atom stereocenters. The number of carbonyl (C=O) groups is 2. The number of rotatable bonds is 2. The molecule has 6 unspecified atom stereocenters. The molecule has 0 amide bonds. The molecule has 3 heteroatoms. The van der Waals surface area contributed by atoms with E-state index >= 15 is 0 Å². The molecule has 0 aromatic heterocycles. The number of ether oxygens (including phenoxy) is 1. The van der Waals surface area contributed by atoms with Gasteiger partial charge in [-0.1, -0.05) is 13.8 Å². The molecular weight excluding hydrogens is 324 g/mol. The summed E-state index contributed by atoms with van der Waals surface area (Å²) >= 11 is 0. The lowest BCUT2D eigenvalue weighted by atomic mass is 9.44. The highest BCUT2D eigenvalue weighted by atomic mass is 16.5. The highest BCUT2D eigenvalue weighted by Crippen LogP contribution is 2.67. The van der Waals surface area contributed by atoms with Crippen LogP contribution in [0.1, 0.15) is 85.5 Å². The van der Waals surface area contributed by atoms with E-state index in [1.54, 1.807) is 0 Å². The van der Waals surface area contributed by atoms with Gasteiger partial charge in [-0.2, -0.15) is 0 Å². The zero-order valence-electron chi connectivity index (χ0n) is 17.1. The lowest BCUT2D eigenvalue weighted by Crippen LogP contribution is -2.54. The highest BCUT2D eigenvalue weighted by molar-refractivity contribution is 5.79. The topological polar surface area (TPSA) is 43.4 Å². The van der Waals surface area contributed by atoms with Crippen molar-refractivity contribution in [2.75, 3.05) is 0 Å². The van der Waals surface area contributed by atoms with E-state index in [1.807, 2.05) is 6.92 Å². The van der Waals surface area contributed by atoms with Gasteiger partial charge in [0.05, 0.1) is 0 Å². The highest BCUT2D eigenvalue weighted by Gasteiger charge is 2.60. The van der Waals surface area contributed by atoms with Crippen LogP contribution in [0.3, 0.4) is 0 Å². The van der Waals surface area contributed by atoms with Gasteiger partial charge in [0.25, 0.3) is 0 Å². The van der Waals surface area contributed by atoms with Crippen molar-refractivity contribution < 1.29 is 14.3 Å². The first-order valence-corrected chi connectivity index (χ1v) is 10.9. The Morgan fingerprint density at radius 1 is 0.846 bits per heavy atom. The van der Waals surface area contributed by atoms with Crippen LogP contribution >= 0.6 is 0 Å². The maximum atomic E-state index is 12.2. The molecule has 3 nitrogen and oxygen atoms in total. The summed E-state index contributed by atoms with van der Waals surface area (Å²) in [5.41, 5.74) is 0.667. The molecule has 0 saturated heterocycles. The van der Waals surface area contributed by atoms with Crippen LogP contribution in [0.4, 0.5) is 0 Å². The molecule has 0 aromatic rings. The Kier molecular flexibility index (Phi) is 4.51. The predicted molar refractivity (Wildman–Crippen MR) is 101 cm³/mol. The summed E-state index contributed by atoms with van der Waals surface area (Å²) < 4.78 is 5.57. The normalized spacial score (nSPS) is 50.3. The number of hydrogen-bond donors (Lipinski definition) is 0. The number of carbonyl (C=O) groups excluding carboxylic acids is 2. The summed E-state index contributed by atoms with van der Waals surface area (Å²) in [6, 6.07) is 0. The first-order valence-electron chi connectivity index (χ1n) is 10.9. The number of Topliss-reactive ketones (excluding diaryl/α,β-unsaturated/α-hetero) is 1. The Morgan fingerprint density at radius 2 is 1.54 bits per heavy atom. The number of hydrogen-bond acceptors (Lipinski definition) is 3. The molecule has 0 spiro atoms. The molecule has 4 aliphatic rings. The summed E-state index contributed by atoms with van der Waals surface area (Å²) in [5.74, 6) is 3.68. The molecule has 0 radical (unpaired) electrons. The van der Waals surface area contributed by atoms with Gasteiger partial charge in [-0.15, -0.1) is 0 Å². The summed E-state index contributed by atoms with van der Waals surface area (Å²) in [6.45, 7) is 8.33. The third-order valence-corrected chi connectivity index (χ3v) is 9.44. The number of fused-ring (bicyclic) bond motifs is 5. The van der Waals surface area contributed by atoms with Crippen molar-refractivity contribution in [3.05, 3.63) is 0 Å². The zero-order chi connectivity index (χ0) is 18.7. The Morgan fingerprint density at radius 3 is 2.23 bits per heavy atom. The van der Waals surface area contributed by atoms with Crippen molar-refractivity contribution in [3.8, 4) is 0 Å². The van der Waals surface area contributed by atoms with Gasteiger partial charge in [-0.05, 0) is 99.2 Å². The molecular formula is C23H36O3. The van der Waals surface area contributed by atoms with E-state index in [9.17, 15) is 9.59 Å². The van der Waals surface area contributed by atoms with Crippen LogP contribution in [-0.4, -0.2) is 17.9 Å². The van der Waals surface area contributed by atoms with Gasteiger partial charge in [0.2, 0.25) is 0 Å². The second kappa shape index (κ2) is 6.34. The fourth-order valence-electron chi connectivity index (χ4n) is 8.23. The van der Waals surface area contributed by atoms with Gasteiger partial charge in [-0.25, -0.2) is 0 Å². The zero-order valence-corrected chi connectivity index (χ0v) is 17.1. The minimum absolute atomic E-state index is 0.123. The minimum atomic E-state index is -0.123. The summed E-state index contributed by atoms with van der Waals surface area (Å²) in [6.07, 6.45) is 11.0. The molecule has 0 aromatic carbocycles. The van der Waals surface area contributed by atoms with E-state index in [4.69, 9.17) is 4.74 Å². The van der Waals surface area contributed by atoms with Crippen molar-refractivity contribution in [1.82, 2.24) is 0 Å². The van der Waals surface area contributed by atoms with E-state index in [2.05, 4.69) is 13.8 Å². The number of esters is 1. The third-order valence-electron chi connectivity index (χ3n) is 9.44. The van der Waals surface area contributed by atoms with Gasteiger partial charge >= 0.3 is 5.97 Å². The molecule has 0 aliphatic heterocycles. The number of ketones is 1. The van der Waals surface area contributed by atoms with Crippen molar-refractivity contribution in [2.45, 2.75) is 91.6 Å². The molecule has 0 heterocycles. The molecule has 4 aliphatic carbocycles. The summed E-state index contributed by atoms with van der Waals surface area (Å²) in [5, 5.41) is 0. The van der Waals surface area contributed by atoms with E-state index in [0.29, 0.717) is 23.0 Å². The molecule has 0 bridgehead atoms. The Hall–Kier alpha value is -0.860. The third kappa shape index (κ3) is 2.67. The smallest absolute Gasteiger partial charge is 0.302 e. The van der Waals surface area contributed by atoms with Gasteiger partial charge in [0, 0.05) is 12.8 Å². The van der Waals surface area contributed by atoms with Crippen molar-refractivity contribution in [3.63, 3.8) is 0 Å². The van der Waals surface area contributed by atoms with Gasteiger partial charge in [0.1, 0.15) is 11.9 Å². The predicted octanol–water partition coefficient (Wildman–Crippen LogP) is 5.17. The van der Waals surface area contributed by atoms with Crippen LogP contribution in [0.5, 0.6) is 0 Å². The fourth-order valence-corrected chi connectivity index (χ4v) is 8.23. The molecule has 0 N–H and O–H groups in total. The van der Waals surface area contributed by atoms with Gasteiger partial charge in [0.15, 0.2) is 0 Å². The van der Waals surface area contributed by atoms with E-state index in [1.165, 1.54) is 45.4 Å². The fraction of sp³-hybridized carbons (Fsp3) is 0.913. The van der Waals surface area contributed by atoms with Crippen molar-refractivity contribution in [2.24, 2.45) is 40.4 Å². The Labute approximate surface area is 158 Å². The lowest BCUT2D eigenvalue weighted by Gasteiger charge is -2.61. The SMILES string of the molecule is CC(=O)OC1CCC2(C)C3CC[C@]4(C)C(C(C)=O)CCC4C3CC[C@H]2C1. The Bertz CT molecular complexity index is 598. The lowest BCUT2D eigenvalue weighted by molar-refractivity contribution is -0.161. The van der Waals surface area contributed by atoms with Gasteiger partial charge < -0.3 is 4.74 Å². The largest absolute Gasteiger partial charge is 0.463 e. The molecule has 146 valence electrons. The van der Waals surface area contributed by atoms with Crippen LogP contribution in [0.15, 0.2) is 0 Å². The van der Waals surface area contributed by atoms with Crippen LogP contribution in [0, 0.1) is 40.4 Å². The standard InChI is InChI=1S/C23H36O3/c1-14(24)19-7-8-20-18-6-5-16-13-17(26-15(2)25)9-11-22(16,3)21(18)10-12-23(19,20)4/h16-21H,5-13H2,1-4H3/t16-,17?,18?,19?,20?,21?,22?,23+/m0/s1. The maximum Gasteiger partial charge on any atom is 0.302 e. The summed E-state index contributed by atoms with van der Waals surface area (Å²) in [4.78, 5) is 23.6. The first-order chi connectivity index (χ1) is 12.3. The van der Waals surface area contributed by atoms with Crippen LogP contribution in [0.25, 0.3) is 0 Å². The molecule has 4 fully saturated rings. The van der Waals surface area contributed by atoms with Crippen LogP contribution < -0.4 is 0 Å². The second-order valence-corrected chi connectivity index (χ2v) is 10.4. The van der Waals surface area contributed by atoms with E-state index in [0.717, 1.165) is 37.0 Å². The van der Waals surface area contributed by atoms with E-state index in [-0.39, 0.29) is 17.5 Å². The Balaban J connectivity index is 1.54.